The van der Waals surface area contributed by atoms with Crippen molar-refractivity contribution < 1.29 is 8.42 Å². The topological polar surface area (TPSA) is 49.4 Å². The maximum atomic E-state index is 12.7. The van der Waals surface area contributed by atoms with Crippen LogP contribution in [0, 0.1) is 12.8 Å². The van der Waals surface area contributed by atoms with Crippen LogP contribution in [0.1, 0.15) is 25.3 Å². The first-order valence-corrected chi connectivity index (χ1v) is 9.24. The fraction of sp³-hybridized carbons (Fsp3) is 0.600. The highest BCUT2D eigenvalue weighted by molar-refractivity contribution is 7.89. The first kappa shape index (κ1) is 16.7. The zero-order valence-electron chi connectivity index (χ0n) is 12.6. The van der Waals surface area contributed by atoms with E-state index in [1.54, 1.807) is 16.4 Å². The third kappa shape index (κ3) is 3.77. The number of hydrogen-bond acceptors (Lipinski definition) is 3. The third-order valence-electron chi connectivity index (χ3n) is 4.03. The molecule has 21 heavy (non-hydrogen) atoms. The van der Waals surface area contributed by atoms with Crippen molar-refractivity contribution in [1.29, 1.82) is 0 Å². The quantitative estimate of drug-likeness (QED) is 0.903. The van der Waals surface area contributed by atoms with E-state index in [4.69, 9.17) is 11.6 Å². The molecule has 1 saturated heterocycles. The Morgan fingerprint density at radius 3 is 2.62 bits per heavy atom. The lowest BCUT2D eigenvalue weighted by molar-refractivity contribution is 0.268. The van der Waals surface area contributed by atoms with E-state index in [1.807, 2.05) is 13.0 Å². The number of hydrogen-bond donors (Lipinski definition) is 1. The molecule has 0 aromatic heterocycles. The van der Waals surface area contributed by atoms with Gasteiger partial charge in [0.15, 0.2) is 0 Å². The lowest BCUT2D eigenvalue weighted by Gasteiger charge is -2.31. The number of benzene rings is 1. The average Bonchev–Trinajstić information content (AvgIpc) is 2.48. The molecule has 0 saturated carbocycles. The largest absolute Gasteiger partial charge is 0.317 e. The standard InChI is InChI=1S/C15H23ClN2O2S/c1-3-17-11-13-7-9-18(10-8-13)21(19,20)14-6-4-5-12(2)15(14)16/h4-6,13,17H,3,7-11H2,1-2H3. The lowest BCUT2D eigenvalue weighted by atomic mass is 9.98. The molecule has 0 radical (unpaired) electrons. The van der Waals surface area contributed by atoms with Crippen molar-refractivity contribution in [2.75, 3.05) is 26.2 Å². The summed E-state index contributed by atoms with van der Waals surface area (Å²) in [6.45, 7) is 6.97. The van der Waals surface area contributed by atoms with Crippen molar-refractivity contribution in [3.63, 3.8) is 0 Å². The van der Waals surface area contributed by atoms with Crippen molar-refractivity contribution >= 4 is 21.6 Å². The van der Waals surface area contributed by atoms with Crippen LogP contribution in [0.5, 0.6) is 0 Å². The summed E-state index contributed by atoms with van der Waals surface area (Å²) < 4.78 is 27.0. The van der Waals surface area contributed by atoms with Crippen LogP contribution in [-0.2, 0) is 10.0 Å². The highest BCUT2D eigenvalue weighted by Crippen LogP contribution is 2.29. The van der Waals surface area contributed by atoms with E-state index >= 15 is 0 Å². The maximum Gasteiger partial charge on any atom is 0.244 e. The molecule has 2 rings (SSSR count). The summed E-state index contributed by atoms with van der Waals surface area (Å²) in [6, 6.07) is 5.16. The van der Waals surface area contributed by atoms with Gasteiger partial charge in [-0.2, -0.15) is 4.31 Å². The van der Waals surface area contributed by atoms with Gasteiger partial charge in [-0.05, 0) is 50.4 Å². The molecule has 1 N–H and O–H groups in total. The van der Waals surface area contributed by atoms with Gasteiger partial charge in [-0.1, -0.05) is 30.7 Å². The van der Waals surface area contributed by atoms with Crippen LogP contribution in [0.2, 0.25) is 5.02 Å². The van der Waals surface area contributed by atoms with Gasteiger partial charge >= 0.3 is 0 Å². The molecular weight excluding hydrogens is 308 g/mol. The van der Waals surface area contributed by atoms with Gasteiger partial charge in [-0.25, -0.2) is 8.42 Å². The second-order valence-electron chi connectivity index (χ2n) is 5.54. The molecule has 0 unspecified atom stereocenters. The Hall–Kier alpha value is -0.620. The first-order chi connectivity index (χ1) is 9.96. The highest BCUT2D eigenvalue weighted by Gasteiger charge is 2.30. The fourth-order valence-electron chi connectivity index (χ4n) is 2.66. The van der Waals surface area contributed by atoms with Crippen LogP contribution >= 0.6 is 11.6 Å². The van der Waals surface area contributed by atoms with Crippen LogP contribution in [0.25, 0.3) is 0 Å². The van der Waals surface area contributed by atoms with Gasteiger partial charge in [0.1, 0.15) is 4.90 Å². The van der Waals surface area contributed by atoms with Crippen LogP contribution in [0.3, 0.4) is 0 Å². The molecule has 0 aliphatic carbocycles. The molecule has 1 aliphatic heterocycles. The number of nitrogens with one attached hydrogen (secondary N) is 1. The van der Waals surface area contributed by atoms with Gasteiger partial charge in [-0.3, -0.25) is 0 Å². The van der Waals surface area contributed by atoms with E-state index < -0.39 is 10.0 Å². The van der Waals surface area contributed by atoms with Crippen molar-refractivity contribution in [3.8, 4) is 0 Å². The van der Waals surface area contributed by atoms with Gasteiger partial charge in [0.25, 0.3) is 0 Å². The number of sulfonamides is 1. The number of nitrogens with zero attached hydrogens (tertiary/aromatic N) is 1. The fourth-order valence-corrected chi connectivity index (χ4v) is 4.69. The van der Waals surface area contributed by atoms with Gasteiger partial charge in [0.2, 0.25) is 10.0 Å². The zero-order chi connectivity index (χ0) is 15.5. The Bertz CT molecular complexity index is 581. The van der Waals surface area contributed by atoms with Crippen molar-refractivity contribution in [1.82, 2.24) is 9.62 Å². The molecular formula is C15H23ClN2O2S. The molecule has 6 heteroatoms. The highest BCUT2D eigenvalue weighted by atomic mass is 35.5. The SMILES string of the molecule is CCNCC1CCN(S(=O)(=O)c2cccc(C)c2Cl)CC1. The van der Waals surface area contributed by atoms with Crippen LogP contribution in [-0.4, -0.2) is 38.9 Å². The van der Waals surface area contributed by atoms with Gasteiger partial charge in [0, 0.05) is 13.1 Å². The van der Waals surface area contributed by atoms with Crippen molar-refractivity contribution in [2.24, 2.45) is 5.92 Å². The van der Waals surface area contributed by atoms with E-state index in [-0.39, 0.29) is 4.90 Å². The molecule has 1 aliphatic rings. The monoisotopic (exact) mass is 330 g/mol. The zero-order valence-corrected chi connectivity index (χ0v) is 14.2. The normalized spacial score (nSPS) is 18.0. The number of piperidine rings is 1. The molecule has 1 heterocycles. The molecule has 1 aromatic carbocycles. The second kappa shape index (κ2) is 7.09. The summed E-state index contributed by atoms with van der Waals surface area (Å²) in [6.07, 6.45) is 1.80. The molecule has 0 amide bonds. The Kier molecular flexibility index (Phi) is 5.66. The van der Waals surface area contributed by atoms with E-state index in [0.717, 1.165) is 31.5 Å². The summed E-state index contributed by atoms with van der Waals surface area (Å²) >= 11 is 6.18. The molecule has 0 atom stereocenters. The number of halogens is 1. The predicted octanol–water partition coefficient (Wildman–Crippen LogP) is 2.66. The van der Waals surface area contributed by atoms with Crippen LogP contribution in [0.15, 0.2) is 23.1 Å². The molecule has 1 fully saturated rings. The average molecular weight is 331 g/mol. The van der Waals surface area contributed by atoms with E-state index in [2.05, 4.69) is 12.2 Å². The van der Waals surface area contributed by atoms with Crippen molar-refractivity contribution in [3.05, 3.63) is 28.8 Å². The minimum Gasteiger partial charge on any atom is -0.317 e. The van der Waals surface area contributed by atoms with E-state index in [0.29, 0.717) is 24.0 Å². The van der Waals surface area contributed by atoms with E-state index in [1.165, 1.54) is 0 Å². The van der Waals surface area contributed by atoms with E-state index in [9.17, 15) is 8.42 Å². The lowest BCUT2D eigenvalue weighted by Crippen LogP contribution is -2.40. The smallest absolute Gasteiger partial charge is 0.244 e. The molecule has 0 bridgehead atoms. The third-order valence-corrected chi connectivity index (χ3v) is 6.59. The summed E-state index contributed by atoms with van der Waals surface area (Å²) in [5.74, 6) is 0.560. The van der Waals surface area contributed by atoms with Gasteiger partial charge in [-0.15, -0.1) is 0 Å². The van der Waals surface area contributed by atoms with Gasteiger partial charge in [0.05, 0.1) is 5.02 Å². The predicted molar refractivity (Wildman–Crippen MR) is 86.2 cm³/mol. The molecule has 1 aromatic rings. The van der Waals surface area contributed by atoms with Crippen LogP contribution < -0.4 is 5.32 Å². The Morgan fingerprint density at radius 1 is 1.33 bits per heavy atom. The Balaban J connectivity index is 2.10. The van der Waals surface area contributed by atoms with Crippen molar-refractivity contribution in [2.45, 2.75) is 31.6 Å². The molecule has 4 nitrogen and oxygen atoms in total. The minimum atomic E-state index is -3.48. The maximum absolute atomic E-state index is 12.7. The second-order valence-corrected chi connectivity index (χ2v) is 7.83. The molecule has 0 spiro atoms. The summed E-state index contributed by atoms with van der Waals surface area (Å²) in [7, 11) is -3.48. The van der Waals surface area contributed by atoms with Crippen LogP contribution in [0.4, 0.5) is 0 Å². The molecule has 118 valence electrons. The minimum absolute atomic E-state index is 0.231. The van der Waals surface area contributed by atoms with Gasteiger partial charge < -0.3 is 5.32 Å². The summed E-state index contributed by atoms with van der Waals surface area (Å²) in [5.41, 5.74) is 0.791. The Morgan fingerprint density at radius 2 is 2.00 bits per heavy atom. The number of rotatable bonds is 5. The first-order valence-electron chi connectivity index (χ1n) is 7.42. The summed E-state index contributed by atoms with van der Waals surface area (Å²) in [4.78, 5) is 0.231. The summed E-state index contributed by atoms with van der Waals surface area (Å²) in [5, 5.41) is 3.67. The number of aryl methyl sites for hydroxylation is 1. The Labute approximate surface area is 132 Å².